The Morgan fingerprint density at radius 3 is 1.90 bits per heavy atom. The van der Waals surface area contributed by atoms with Crippen molar-refractivity contribution in [2.45, 2.75) is 38.2 Å². The predicted octanol–water partition coefficient (Wildman–Crippen LogP) is -1.25. The van der Waals surface area contributed by atoms with Crippen molar-refractivity contribution in [2.24, 2.45) is 0 Å². The summed E-state index contributed by atoms with van der Waals surface area (Å²) in [4.78, 5) is 0. The number of ether oxygens (including phenoxy) is 1. The summed E-state index contributed by atoms with van der Waals surface area (Å²) < 4.78 is 4.94. The van der Waals surface area contributed by atoms with E-state index >= 15 is 0 Å². The first-order valence-electron chi connectivity index (χ1n) is 3.34. The number of hydrogen-bond acceptors (Lipinski definition) is 1. The minimum atomic E-state index is 0. The molecule has 0 bridgehead atoms. The zero-order chi connectivity index (χ0) is 5.82. The van der Waals surface area contributed by atoms with E-state index in [0.29, 0.717) is 6.10 Å². The van der Waals surface area contributed by atoms with Crippen molar-refractivity contribution in [3.05, 3.63) is 7.11 Å². The minimum absolute atomic E-state index is 0. The van der Waals surface area contributed by atoms with Crippen LogP contribution in [0, 0.1) is 7.11 Å². The Bertz CT molecular complexity index is 64.6. The van der Waals surface area contributed by atoms with Gasteiger partial charge in [-0.25, -0.2) is 7.11 Å². The first kappa shape index (κ1) is 13.6. The van der Waals surface area contributed by atoms with Crippen molar-refractivity contribution in [3.8, 4) is 0 Å². The van der Waals surface area contributed by atoms with Crippen LogP contribution in [0.3, 0.4) is 0 Å². The standard InChI is InChI=1S/C7H13O.ClH.Mg/c1-8-7-5-3-2-4-6-7;;/h7H,1-6H2;1H;/q-1;;+2/p-1. The van der Waals surface area contributed by atoms with Crippen LogP contribution in [0.2, 0.25) is 0 Å². The maximum absolute atomic E-state index is 4.94. The van der Waals surface area contributed by atoms with E-state index < -0.39 is 0 Å². The molecule has 0 aromatic heterocycles. The van der Waals surface area contributed by atoms with E-state index in [1.165, 1.54) is 32.1 Å². The molecule has 56 valence electrons. The molecule has 0 saturated heterocycles. The molecule has 1 aliphatic rings. The van der Waals surface area contributed by atoms with Crippen LogP contribution in [0.5, 0.6) is 0 Å². The molecule has 3 heteroatoms. The van der Waals surface area contributed by atoms with Crippen LogP contribution in [0.4, 0.5) is 0 Å². The smallest absolute Gasteiger partial charge is 1.00 e. The van der Waals surface area contributed by atoms with Gasteiger partial charge in [-0.05, 0) is 12.8 Å². The second-order valence-corrected chi connectivity index (χ2v) is 2.43. The van der Waals surface area contributed by atoms with Crippen molar-refractivity contribution in [1.82, 2.24) is 0 Å². The Labute approximate surface area is 85.5 Å². The van der Waals surface area contributed by atoms with Gasteiger partial charge in [-0.3, -0.25) is 0 Å². The maximum Gasteiger partial charge on any atom is 2.00 e. The monoisotopic (exact) mass is 172 g/mol. The third-order valence-corrected chi connectivity index (χ3v) is 1.79. The normalized spacial score (nSPS) is 18.9. The number of rotatable bonds is 1. The first-order valence-corrected chi connectivity index (χ1v) is 3.34. The fraction of sp³-hybridized carbons (Fsp3) is 0.857. The number of hydrogen-bond donors (Lipinski definition) is 0. The van der Waals surface area contributed by atoms with Crippen LogP contribution in [-0.2, 0) is 4.74 Å². The van der Waals surface area contributed by atoms with Crippen molar-refractivity contribution in [1.29, 1.82) is 0 Å². The van der Waals surface area contributed by atoms with E-state index in [9.17, 15) is 0 Å². The van der Waals surface area contributed by atoms with Gasteiger partial charge in [0.2, 0.25) is 0 Å². The molecule has 0 N–H and O–H groups in total. The molecule has 0 aliphatic heterocycles. The van der Waals surface area contributed by atoms with E-state index in [1.54, 1.807) is 0 Å². The molecule has 0 radical (unpaired) electrons. The van der Waals surface area contributed by atoms with Gasteiger partial charge in [0.1, 0.15) is 0 Å². The minimum Gasteiger partial charge on any atom is -1.00 e. The topological polar surface area (TPSA) is 9.23 Å². The summed E-state index contributed by atoms with van der Waals surface area (Å²) in [7, 11) is 3.41. The summed E-state index contributed by atoms with van der Waals surface area (Å²) in [6.07, 6.45) is 6.98. The van der Waals surface area contributed by atoms with E-state index in [2.05, 4.69) is 7.11 Å². The fourth-order valence-corrected chi connectivity index (χ4v) is 1.23. The Hall–Kier alpha value is 1.02. The summed E-state index contributed by atoms with van der Waals surface area (Å²) in [6.45, 7) is 0. The summed E-state index contributed by atoms with van der Waals surface area (Å²) in [5.74, 6) is 0. The van der Waals surface area contributed by atoms with Crippen molar-refractivity contribution >= 4 is 23.1 Å². The molecule has 1 nitrogen and oxygen atoms in total. The second-order valence-electron chi connectivity index (χ2n) is 2.43. The second kappa shape index (κ2) is 8.12. The van der Waals surface area contributed by atoms with Gasteiger partial charge in [-0.1, -0.05) is 19.3 Å². The zero-order valence-electron chi connectivity index (χ0n) is 6.31. The SMILES string of the molecule is [CH2-]OC1CCCCC1.[Cl-].[Mg+2]. The molecule has 1 aliphatic carbocycles. The zero-order valence-corrected chi connectivity index (χ0v) is 8.48. The Kier molecular flexibility index (Phi) is 11.0. The average molecular weight is 173 g/mol. The largest absolute Gasteiger partial charge is 2.00 e. The molecule has 0 unspecified atom stereocenters. The molecule has 0 spiro atoms. The van der Waals surface area contributed by atoms with Crippen LogP contribution in [0.1, 0.15) is 32.1 Å². The van der Waals surface area contributed by atoms with Gasteiger partial charge >= 0.3 is 23.1 Å². The Morgan fingerprint density at radius 2 is 1.60 bits per heavy atom. The molecule has 1 rings (SSSR count). The van der Waals surface area contributed by atoms with Crippen LogP contribution >= 0.6 is 0 Å². The fourth-order valence-electron chi connectivity index (χ4n) is 1.23. The Morgan fingerprint density at radius 1 is 1.10 bits per heavy atom. The van der Waals surface area contributed by atoms with Crippen molar-refractivity contribution in [2.75, 3.05) is 0 Å². The molecular weight excluding hydrogens is 160 g/mol. The van der Waals surface area contributed by atoms with Gasteiger partial charge < -0.3 is 17.1 Å². The number of halogens is 1. The molecule has 0 amide bonds. The van der Waals surface area contributed by atoms with Crippen LogP contribution < -0.4 is 12.4 Å². The molecule has 0 aromatic carbocycles. The molecule has 1 fully saturated rings. The molecular formula is C7H13ClMgO. The predicted molar refractivity (Wildman–Crippen MR) is 39.1 cm³/mol. The summed E-state index contributed by atoms with van der Waals surface area (Å²) in [5, 5.41) is 0. The van der Waals surface area contributed by atoms with Crippen LogP contribution in [-0.4, -0.2) is 29.2 Å². The van der Waals surface area contributed by atoms with Crippen LogP contribution in [0.25, 0.3) is 0 Å². The van der Waals surface area contributed by atoms with E-state index in [1.807, 2.05) is 0 Å². The van der Waals surface area contributed by atoms with E-state index in [-0.39, 0.29) is 35.5 Å². The van der Waals surface area contributed by atoms with Gasteiger partial charge in [-0.2, -0.15) is 0 Å². The third kappa shape index (κ3) is 4.77. The summed E-state index contributed by atoms with van der Waals surface area (Å²) in [6, 6.07) is 0. The molecule has 0 aromatic rings. The van der Waals surface area contributed by atoms with Gasteiger partial charge in [-0.15, -0.1) is 0 Å². The third-order valence-electron chi connectivity index (χ3n) is 1.79. The Balaban J connectivity index is 0. The van der Waals surface area contributed by atoms with Crippen molar-refractivity contribution in [3.63, 3.8) is 0 Å². The molecule has 1 saturated carbocycles. The summed E-state index contributed by atoms with van der Waals surface area (Å²) >= 11 is 0. The quantitative estimate of drug-likeness (QED) is 0.355. The van der Waals surface area contributed by atoms with Gasteiger partial charge in [0.15, 0.2) is 0 Å². The maximum atomic E-state index is 4.94. The molecule has 0 heterocycles. The van der Waals surface area contributed by atoms with Gasteiger partial charge in [0.05, 0.1) is 0 Å². The molecule has 0 atom stereocenters. The van der Waals surface area contributed by atoms with Gasteiger partial charge in [0, 0.05) is 6.10 Å². The van der Waals surface area contributed by atoms with E-state index in [4.69, 9.17) is 4.74 Å². The van der Waals surface area contributed by atoms with Crippen LogP contribution in [0.15, 0.2) is 0 Å². The van der Waals surface area contributed by atoms with Gasteiger partial charge in [0.25, 0.3) is 0 Å². The van der Waals surface area contributed by atoms with E-state index in [0.717, 1.165) is 0 Å². The molecule has 10 heavy (non-hydrogen) atoms. The first-order chi connectivity index (χ1) is 3.93. The summed E-state index contributed by atoms with van der Waals surface area (Å²) in [5.41, 5.74) is 0. The average Bonchev–Trinajstić information content (AvgIpc) is 1.90. The van der Waals surface area contributed by atoms with Crippen molar-refractivity contribution < 1.29 is 17.1 Å².